The van der Waals surface area contributed by atoms with E-state index in [1.165, 1.54) is 0 Å². The topological polar surface area (TPSA) is 49.8 Å². The Hall–Kier alpha value is -1.41. The van der Waals surface area contributed by atoms with Crippen LogP contribution in [0.15, 0.2) is 23.1 Å². The van der Waals surface area contributed by atoms with Crippen molar-refractivity contribution in [1.82, 2.24) is 4.90 Å². The van der Waals surface area contributed by atoms with Gasteiger partial charge in [0.1, 0.15) is 17.5 Å². The van der Waals surface area contributed by atoms with Crippen molar-refractivity contribution in [3.8, 4) is 5.75 Å². The third-order valence-electron chi connectivity index (χ3n) is 4.78. The number of carbonyl (C=O) groups is 1. The van der Waals surface area contributed by atoms with Crippen molar-refractivity contribution < 1.29 is 27.8 Å². The van der Waals surface area contributed by atoms with Gasteiger partial charge in [0.25, 0.3) is 0 Å². The van der Waals surface area contributed by atoms with E-state index in [9.17, 15) is 23.1 Å². The lowest BCUT2D eigenvalue weighted by molar-refractivity contribution is -0.147. The molecule has 144 valence electrons. The highest BCUT2D eigenvalue weighted by atomic mass is 32.2. The van der Waals surface area contributed by atoms with Gasteiger partial charge in [-0.05, 0) is 44.9 Å². The molecule has 2 aliphatic rings. The first-order chi connectivity index (χ1) is 12.1. The number of likely N-dealkylation sites (tertiary alicyclic amines) is 1. The van der Waals surface area contributed by atoms with Crippen LogP contribution in [0.3, 0.4) is 0 Å². The van der Waals surface area contributed by atoms with Crippen LogP contribution in [0.25, 0.3) is 0 Å². The van der Waals surface area contributed by atoms with Crippen molar-refractivity contribution in [3.63, 3.8) is 0 Å². The van der Waals surface area contributed by atoms with Gasteiger partial charge in [0, 0.05) is 23.4 Å². The van der Waals surface area contributed by atoms with E-state index in [1.807, 2.05) is 0 Å². The minimum absolute atomic E-state index is 0.0442. The maximum absolute atomic E-state index is 12.5. The average molecular weight is 389 g/mol. The largest absolute Gasteiger partial charge is 0.485 e. The van der Waals surface area contributed by atoms with Crippen LogP contribution < -0.4 is 4.74 Å². The fourth-order valence-electron chi connectivity index (χ4n) is 3.46. The first-order valence-electron chi connectivity index (χ1n) is 8.58. The number of nitrogens with zero attached hydrogens (tertiary/aromatic N) is 1. The number of aliphatic hydroxyl groups excluding tert-OH is 1. The number of benzene rings is 1. The van der Waals surface area contributed by atoms with Crippen LogP contribution >= 0.6 is 11.8 Å². The third-order valence-corrected chi connectivity index (χ3v) is 5.84. The number of ether oxygens (including phenoxy) is 1. The second-order valence-electron chi connectivity index (χ2n) is 7.24. The number of hydrogen-bond donors (Lipinski definition) is 1. The minimum atomic E-state index is -4.26. The molecule has 3 rings (SSSR count). The second-order valence-corrected chi connectivity index (χ2v) is 8.29. The molecule has 0 aliphatic carbocycles. The average Bonchev–Trinajstić information content (AvgIpc) is 2.55. The Balaban J connectivity index is 1.97. The summed E-state index contributed by atoms with van der Waals surface area (Å²) in [7, 11) is 0. The molecule has 0 spiro atoms. The van der Waals surface area contributed by atoms with Gasteiger partial charge >= 0.3 is 6.18 Å². The monoisotopic (exact) mass is 389 g/mol. The Morgan fingerprint density at radius 1 is 1.35 bits per heavy atom. The lowest BCUT2D eigenvalue weighted by atomic mass is 9.84. The van der Waals surface area contributed by atoms with Gasteiger partial charge < -0.3 is 14.7 Å². The number of aliphatic hydroxyl groups is 1. The highest BCUT2D eigenvalue weighted by Crippen LogP contribution is 2.45. The van der Waals surface area contributed by atoms with Crippen molar-refractivity contribution in [3.05, 3.63) is 23.8 Å². The molecule has 2 atom stereocenters. The van der Waals surface area contributed by atoms with Crippen LogP contribution in [0.2, 0.25) is 0 Å². The number of hydrogen-bond acceptors (Lipinski definition) is 4. The van der Waals surface area contributed by atoms with E-state index in [1.54, 1.807) is 36.9 Å². The lowest BCUT2D eigenvalue weighted by Crippen LogP contribution is -2.55. The molecule has 0 radical (unpaired) electrons. The summed E-state index contributed by atoms with van der Waals surface area (Å²) in [6.45, 7) is 4.01. The molecule has 1 fully saturated rings. The van der Waals surface area contributed by atoms with Gasteiger partial charge in [0.2, 0.25) is 5.91 Å². The Labute approximate surface area is 154 Å². The first-order valence-corrected chi connectivity index (χ1v) is 9.57. The Bertz CT molecular complexity index is 693. The second kappa shape index (κ2) is 6.96. The maximum atomic E-state index is 12.5. The van der Waals surface area contributed by atoms with Gasteiger partial charge in [-0.25, -0.2) is 0 Å². The van der Waals surface area contributed by atoms with E-state index in [4.69, 9.17) is 4.74 Å². The molecule has 2 heterocycles. The van der Waals surface area contributed by atoms with Gasteiger partial charge in [0.15, 0.2) is 0 Å². The summed E-state index contributed by atoms with van der Waals surface area (Å²) in [5.74, 6) is -0.536. The number of carbonyl (C=O) groups excluding carboxylic acids is 1. The zero-order valence-corrected chi connectivity index (χ0v) is 15.5. The van der Waals surface area contributed by atoms with Crippen LogP contribution in [0.5, 0.6) is 5.75 Å². The fourth-order valence-corrected chi connectivity index (χ4v) is 4.16. The highest BCUT2D eigenvalue weighted by Gasteiger charge is 2.47. The van der Waals surface area contributed by atoms with Gasteiger partial charge in [-0.3, -0.25) is 4.79 Å². The van der Waals surface area contributed by atoms with E-state index in [0.29, 0.717) is 40.9 Å². The zero-order valence-electron chi connectivity index (χ0n) is 14.7. The molecule has 2 aliphatic heterocycles. The molecule has 1 saturated heterocycles. The molecule has 1 aromatic carbocycles. The van der Waals surface area contributed by atoms with Crippen LogP contribution in [-0.2, 0) is 4.79 Å². The molecule has 0 unspecified atom stereocenters. The number of alkyl halides is 3. The van der Waals surface area contributed by atoms with Crippen molar-refractivity contribution in [2.75, 3.05) is 12.3 Å². The van der Waals surface area contributed by atoms with E-state index in [0.717, 1.165) is 12.8 Å². The predicted molar refractivity (Wildman–Crippen MR) is 92.2 cm³/mol. The number of halogens is 3. The smallest absolute Gasteiger partial charge is 0.398 e. The molecule has 1 N–H and O–H groups in total. The summed E-state index contributed by atoms with van der Waals surface area (Å²) in [5.41, 5.74) is -0.338. The van der Waals surface area contributed by atoms with Crippen molar-refractivity contribution in [2.45, 2.75) is 61.9 Å². The van der Waals surface area contributed by atoms with E-state index in [2.05, 4.69) is 0 Å². The normalized spacial score (nSPS) is 25.6. The molecule has 26 heavy (non-hydrogen) atoms. The van der Waals surface area contributed by atoms with E-state index >= 15 is 0 Å². The standard InChI is InChI=1S/C18H22F3NO3S/c1-17(2)16(24)15(22-8-4-3-5-14(22)23)12-9-11(6-7-13(12)25-17)26-10-18(19,20)21/h6-7,9,15-16,24H,3-5,8,10H2,1-2H3/t15-,16+/m0/s1. The van der Waals surface area contributed by atoms with Gasteiger partial charge in [-0.1, -0.05) is 0 Å². The summed E-state index contributed by atoms with van der Waals surface area (Å²) in [4.78, 5) is 14.5. The predicted octanol–water partition coefficient (Wildman–Crippen LogP) is 3.93. The molecular formula is C18H22F3NO3S. The Morgan fingerprint density at radius 2 is 2.08 bits per heavy atom. The van der Waals surface area contributed by atoms with Gasteiger partial charge in [-0.2, -0.15) is 13.2 Å². The molecule has 0 saturated carbocycles. The Morgan fingerprint density at radius 3 is 2.73 bits per heavy atom. The zero-order chi connectivity index (χ0) is 19.1. The number of amides is 1. The van der Waals surface area contributed by atoms with Crippen LogP contribution in [0.4, 0.5) is 13.2 Å². The Kier molecular flexibility index (Phi) is 5.18. The fraction of sp³-hybridized carbons (Fsp3) is 0.611. The van der Waals surface area contributed by atoms with Gasteiger partial charge in [0.05, 0.1) is 11.8 Å². The first kappa shape index (κ1) is 19.4. The van der Waals surface area contributed by atoms with Gasteiger partial charge in [-0.15, -0.1) is 11.8 Å². The van der Waals surface area contributed by atoms with E-state index < -0.39 is 29.7 Å². The third kappa shape index (κ3) is 3.96. The quantitative estimate of drug-likeness (QED) is 0.796. The van der Waals surface area contributed by atoms with Crippen molar-refractivity contribution in [2.24, 2.45) is 0 Å². The minimum Gasteiger partial charge on any atom is -0.485 e. The molecule has 0 aromatic heterocycles. The highest BCUT2D eigenvalue weighted by molar-refractivity contribution is 7.99. The van der Waals surface area contributed by atoms with E-state index in [-0.39, 0.29) is 5.91 Å². The molecular weight excluding hydrogens is 367 g/mol. The molecule has 0 bridgehead atoms. The summed E-state index contributed by atoms with van der Waals surface area (Å²) in [6.07, 6.45) is -3.16. The SMILES string of the molecule is CC1(C)Oc2ccc(SCC(F)(F)F)cc2[C@H](N2CCCCC2=O)[C@H]1O. The summed E-state index contributed by atoms with van der Waals surface area (Å²) >= 11 is 0.685. The number of rotatable bonds is 3. The molecule has 4 nitrogen and oxygen atoms in total. The number of fused-ring (bicyclic) bond motifs is 1. The molecule has 8 heteroatoms. The van der Waals surface area contributed by atoms with Crippen molar-refractivity contribution >= 4 is 17.7 Å². The number of piperidine rings is 1. The lowest BCUT2D eigenvalue weighted by Gasteiger charge is -2.47. The molecule has 1 amide bonds. The van der Waals surface area contributed by atoms with Crippen LogP contribution in [-0.4, -0.2) is 46.1 Å². The molecule has 1 aromatic rings. The maximum Gasteiger partial charge on any atom is 0.398 e. The summed E-state index contributed by atoms with van der Waals surface area (Å²) in [6, 6.07) is 4.20. The summed E-state index contributed by atoms with van der Waals surface area (Å²) < 4.78 is 43.4. The summed E-state index contributed by atoms with van der Waals surface area (Å²) in [5, 5.41) is 10.9. The van der Waals surface area contributed by atoms with Crippen molar-refractivity contribution in [1.29, 1.82) is 0 Å². The van der Waals surface area contributed by atoms with Crippen LogP contribution in [0.1, 0.15) is 44.7 Å². The number of thioether (sulfide) groups is 1. The van der Waals surface area contributed by atoms with Crippen LogP contribution in [0, 0.1) is 0 Å².